The van der Waals surface area contributed by atoms with E-state index in [-0.39, 0.29) is 5.91 Å². The van der Waals surface area contributed by atoms with Gasteiger partial charge < -0.3 is 9.80 Å². The fourth-order valence-electron chi connectivity index (χ4n) is 2.78. The normalized spacial score (nSPS) is 17.0. The molecule has 116 valence electrons. The molecule has 21 heavy (non-hydrogen) atoms. The van der Waals surface area contributed by atoms with Crippen molar-refractivity contribution in [3.63, 3.8) is 0 Å². The Kier molecular flexibility index (Phi) is 6.08. The van der Waals surface area contributed by atoms with Crippen LogP contribution in [0.2, 0.25) is 5.02 Å². The molecule has 1 aromatic carbocycles. The van der Waals surface area contributed by atoms with Crippen LogP contribution in [0.15, 0.2) is 22.7 Å². The lowest BCUT2D eigenvalue weighted by molar-refractivity contribution is -0.119. The van der Waals surface area contributed by atoms with Gasteiger partial charge in [-0.3, -0.25) is 4.79 Å². The van der Waals surface area contributed by atoms with E-state index in [9.17, 15) is 4.79 Å². The Labute approximate surface area is 140 Å². The molecule has 1 heterocycles. The van der Waals surface area contributed by atoms with Crippen molar-refractivity contribution in [3.05, 3.63) is 27.7 Å². The van der Waals surface area contributed by atoms with Crippen molar-refractivity contribution in [2.45, 2.75) is 26.2 Å². The van der Waals surface area contributed by atoms with Gasteiger partial charge in [0.25, 0.3) is 0 Å². The van der Waals surface area contributed by atoms with Gasteiger partial charge in [-0.25, -0.2) is 0 Å². The van der Waals surface area contributed by atoms with E-state index in [1.54, 1.807) is 0 Å². The molecule has 0 saturated carbocycles. The zero-order chi connectivity index (χ0) is 15.4. The molecule has 0 bridgehead atoms. The fraction of sp³-hybridized carbons (Fsp3) is 0.562. The highest BCUT2D eigenvalue weighted by molar-refractivity contribution is 9.10. The zero-order valence-corrected chi connectivity index (χ0v) is 15.0. The van der Waals surface area contributed by atoms with E-state index in [2.05, 4.69) is 27.9 Å². The summed E-state index contributed by atoms with van der Waals surface area (Å²) in [7, 11) is 2.14. The SMILES string of the molecule is CCN(C(=O)CC1CCN(C)CC1)c1ccc(Br)c(Cl)c1. The van der Waals surface area contributed by atoms with E-state index in [4.69, 9.17) is 11.6 Å². The average molecular weight is 374 g/mol. The van der Waals surface area contributed by atoms with Crippen molar-refractivity contribution in [2.24, 2.45) is 5.92 Å². The number of amides is 1. The highest BCUT2D eigenvalue weighted by Gasteiger charge is 2.23. The van der Waals surface area contributed by atoms with E-state index in [1.807, 2.05) is 30.0 Å². The number of piperidine rings is 1. The molecule has 1 aromatic rings. The Morgan fingerprint density at radius 3 is 2.67 bits per heavy atom. The minimum absolute atomic E-state index is 0.199. The second kappa shape index (κ2) is 7.61. The number of carbonyl (C=O) groups is 1. The molecule has 3 nitrogen and oxygen atoms in total. The van der Waals surface area contributed by atoms with Gasteiger partial charge in [-0.2, -0.15) is 0 Å². The highest BCUT2D eigenvalue weighted by Crippen LogP contribution is 2.29. The third-order valence-corrected chi connectivity index (χ3v) is 5.37. The first-order chi connectivity index (χ1) is 10.0. The average Bonchev–Trinajstić information content (AvgIpc) is 2.46. The van der Waals surface area contributed by atoms with E-state index in [1.165, 1.54) is 0 Å². The number of benzene rings is 1. The molecule has 0 aliphatic carbocycles. The molecule has 1 aliphatic heterocycles. The topological polar surface area (TPSA) is 23.6 Å². The van der Waals surface area contributed by atoms with E-state index < -0.39 is 0 Å². The molecule has 1 aliphatic rings. The van der Waals surface area contributed by atoms with Gasteiger partial charge in [0.2, 0.25) is 5.91 Å². The summed E-state index contributed by atoms with van der Waals surface area (Å²) in [4.78, 5) is 16.7. The highest BCUT2D eigenvalue weighted by atomic mass is 79.9. The lowest BCUT2D eigenvalue weighted by Crippen LogP contribution is -2.36. The number of carbonyl (C=O) groups excluding carboxylic acids is 1. The van der Waals surface area contributed by atoms with Crippen molar-refractivity contribution in [1.82, 2.24) is 4.90 Å². The summed E-state index contributed by atoms with van der Waals surface area (Å²) in [6.45, 7) is 4.86. The number of hydrogen-bond donors (Lipinski definition) is 0. The first-order valence-corrected chi connectivity index (χ1v) is 8.62. The summed E-state index contributed by atoms with van der Waals surface area (Å²) in [6.07, 6.45) is 2.86. The summed E-state index contributed by atoms with van der Waals surface area (Å²) in [5, 5.41) is 0.637. The molecule has 2 rings (SSSR count). The molecule has 0 unspecified atom stereocenters. The summed E-state index contributed by atoms with van der Waals surface area (Å²) >= 11 is 9.52. The van der Waals surface area contributed by atoms with Crippen molar-refractivity contribution >= 4 is 39.1 Å². The Morgan fingerprint density at radius 2 is 2.10 bits per heavy atom. The largest absolute Gasteiger partial charge is 0.313 e. The minimum atomic E-state index is 0.199. The van der Waals surface area contributed by atoms with Gasteiger partial charge in [0.1, 0.15) is 0 Å². The lowest BCUT2D eigenvalue weighted by Gasteiger charge is -2.30. The van der Waals surface area contributed by atoms with Gasteiger partial charge in [0, 0.05) is 23.1 Å². The third kappa shape index (κ3) is 4.44. The van der Waals surface area contributed by atoms with Crippen LogP contribution in [-0.4, -0.2) is 37.5 Å². The number of nitrogens with zero attached hydrogens (tertiary/aromatic N) is 2. The van der Waals surface area contributed by atoms with Crippen LogP contribution in [0.4, 0.5) is 5.69 Å². The van der Waals surface area contributed by atoms with Crippen molar-refractivity contribution < 1.29 is 4.79 Å². The number of halogens is 2. The van der Waals surface area contributed by atoms with Crippen LogP contribution in [0.1, 0.15) is 26.2 Å². The summed E-state index contributed by atoms with van der Waals surface area (Å²) < 4.78 is 0.853. The molecule has 1 saturated heterocycles. The second-order valence-electron chi connectivity index (χ2n) is 5.69. The monoisotopic (exact) mass is 372 g/mol. The number of likely N-dealkylation sites (tertiary alicyclic amines) is 1. The van der Waals surface area contributed by atoms with E-state index >= 15 is 0 Å². The van der Waals surface area contributed by atoms with Crippen LogP contribution in [0, 0.1) is 5.92 Å². The number of rotatable bonds is 4. The van der Waals surface area contributed by atoms with Gasteiger partial charge in [0.15, 0.2) is 0 Å². The summed E-state index contributed by atoms with van der Waals surface area (Å²) in [6, 6.07) is 5.68. The van der Waals surface area contributed by atoms with Gasteiger partial charge in [-0.05, 0) is 79.9 Å². The maximum absolute atomic E-state index is 12.6. The third-order valence-electron chi connectivity index (χ3n) is 4.13. The molecule has 0 atom stereocenters. The maximum atomic E-state index is 12.6. The zero-order valence-electron chi connectivity index (χ0n) is 12.6. The smallest absolute Gasteiger partial charge is 0.227 e. The van der Waals surface area contributed by atoms with Crippen molar-refractivity contribution in [3.8, 4) is 0 Å². The first kappa shape index (κ1) is 16.8. The molecule has 1 amide bonds. The summed E-state index contributed by atoms with van der Waals surface area (Å²) in [5.74, 6) is 0.708. The molecule has 0 aromatic heterocycles. The van der Waals surface area contributed by atoms with Gasteiger partial charge >= 0.3 is 0 Å². The van der Waals surface area contributed by atoms with Gasteiger partial charge in [0.05, 0.1) is 5.02 Å². The standard InChI is InChI=1S/C16H22BrClN2O/c1-3-20(13-4-5-14(17)15(18)11-13)16(21)10-12-6-8-19(2)9-7-12/h4-5,11-12H,3,6-10H2,1-2H3. The molecule has 1 fully saturated rings. The summed E-state index contributed by atoms with van der Waals surface area (Å²) in [5.41, 5.74) is 0.878. The Bertz CT molecular complexity index is 501. The fourth-order valence-corrected chi connectivity index (χ4v) is 3.20. The Balaban J connectivity index is 2.02. The van der Waals surface area contributed by atoms with Crippen LogP contribution in [0.25, 0.3) is 0 Å². The number of hydrogen-bond acceptors (Lipinski definition) is 2. The lowest BCUT2D eigenvalue weighted by atomic mass is 9.93. The van der Waals surface area contributed by atoms with Gasteiger partial charge in [-0.15, -0.1) is 0 Å². The van der Waals surface area contributed by atoms with Crippen LogP contribution < -0.4 is 4.90 Å². The Hall–Kier alpha value is -0.580. The van der Waals surface area contributed by atoms with Gasteiger partial charge in [-0.1, -0.05) is 11.6 Å². The van der Waals surface area contributed by atoms with Crippen LogP contribution in [0.3, 0.4) is 0 Å². The molecular formula is C16H22BrClN2O. The predicted octanol–water partition coefficient (Wildman–Crippen LogP) is 4.19. The second-order valence-corrected chi connectivity index (χ2v) is 6.95. The molecule has 5 heteroatoms. The molecular weight excluding hydrogens is 352 g/mol. The van der Waals surface area contributed by atoms with Crippen LogP contribution in [-0.2, 0) is 4.79 Å². The first-order valence-electron chi connectivity index (χ1n) is 7.45. The molecule has 0 N–H and O–H groups in total. The van der Waals surface area contributed by atoms with Crippen LogP contribution in [0.5, 0.6) is 0 Å². The molecule has 0 radical (unpaired) electrons. The van der Waals surface area contributed by atoms with E-state index in [0.29, 0.717) is 23.9 Å². The predicted molar refractivity (Wildman–Crippen MR) is 92.0 cm³/mol. The minimum Gasteiger partial charge on any atom is -0.313 e. The maximum Gasteiger partial charge on any atom is 0.227 e. The number of anilines is 1. The Morgan fingerprint density at radius 1 is 1.43 bits per heavy atom. The molecule has 0 spiro atoms. The van der Waals surface area contributed by atoms with E-state index in [0.717, 1.165) is 36.1 Å². The van der Waals surface area contributed by atoms with Crippen molar-refractivity contribution in [2.75, 3.05) is 31.6 Å². The van der Waals surface area contributed by atoms with Crippen molar-refractivity contribution in [1.29, 1.82) is 0 Å². The quantitative estimate of drug-likeness (QED) is 0.790. The van der Waals surface area contributed by atoms with Crippen LogP contribution >= 0.6 is 27.5 Å².